The van der Waals surface area contributed by atoms with E-state index in [1.807, 2.05) is 35.2 Å². The van der Waals surface area contributed by atoms with E-state index in [1.54, 1.807) is 0 Å². The molecular formula is C19H25NO2. The van der Waals surface area contributed by atoms with Crippen molar-refractivity contribution in [2.75, 3.05) is 0 Å². The van der Waals surface area contributed by atoms with E-state index >= 15 is 0 Å². The maximum absolute atomic E-state index is 12.5. The third-order valence-corrected chi connectivity index (χ3v) is 4.77. The molecule has 2 fully saturated rings. The lowest BCUT2D eigenvalue weighted by atomic mass is 9.81. The van der Waals surface area contributed by atoms with Crippen molar-refractivity contribution in [1.29, 1.82) is 0 Å². The molecule has 22 heavy (non-hydrogen) atoms. The molecule has 2 unspecified atom stereocenters. The first-order valence-corrected chi connectivity index (χ1v) is 8.45. The highest BCUT2D eigenvalue weighted by Crippen LogP contribution is 2.37. The number of benzene rings is 1. The predicted octanol–water partition coefficient (Wildman–Crippen LogP) is 4.68. The number of piperidine rings is 2. The van der Waals surface area contributed by atoms with Crippen LogP contribution in [0, 0.1) is 0 Å². The van der Waals surface area contributed by atoms with Gasteiger partial charge in [0.05, 0.1) is 0 Å². The number of ether oxygens (including phenoxy) is 1. The van der Waals surface area contributed by atoms with Crippen molar-refractivity contribution >= 4 is 6.09 Å². The number of carbonyl (C=O) groups is 1. The second-order valence-corrected chi connectivity index (χ2v) is 6.36. The van der Waals surface area contributed by atoms with Crippen LogP contribution in [0.3, 0.4) is 0 Å². The zero-order valence-corrected chi connectivity index (χ0v) is 13.3. The second kappa shape index (κ2) is 6.99. The third-order valence-electron chi connectivity index (χ3n) is 4.77. The van der Waals surface area contributed by atoms with Gasteiger partial charge in [-0.25, -0.2) is 4.79 Å². The van der Waals surface area contributed by atoms with E-state index in [1.165, 1.54) is 12.0 Å². The van der Waals surface area contributed by atoms with Crippen molar-refractivity contribution in [2.24, 2.45) is 0 Å². The number of amides is 1. The van der Waals surface area contributed by atoms with Gasteiger partial charge >= 0.3 is 6.09 Å². The minimum atomic E-state index is -0.130. The van der Waals surface area contributed by atoms with Crippen LogP contribution in [0.4, 0.5) is 4.79 Å². The highest BCUT2D eigenvalue weighted by molar-refractivity contribution is 5.69. The molecule has 2 aliphatic rings. The summed E-state index contributed by atoms with van der Waals surface area (Å²) < 4.78 is 5.57. The topological polar surface area (TPSA) is 29.5 Å². The average Bonchev–Trinajstić information content (AvgIpc) is 2.53. The van der Waals surface area contributed by atoms with Gasteiger partial charge in [0.1, 0.15) is 6.61 Å². The summed E-state index contributed by atoms with van der Waals surface area (Å²) in [6.45, 7) is 2.55. The first-order valence-electron chi connectivity index (χ1n) is 8.45. The molecular weight excluding hydrogens is 274 g/mol. The van der Waals surface area contributed by atoms with E-state index in [0.717, 1.165) is 37.7 Å². The van der Waals surface area contributed by atoms with Crippen LogP contribution >= 0.6 is 0 Å². The van der Waals surface area contributed by atoms with Crippen LogP contribution in [0.2, 0.25) is 0 Å². The van der Waals surface area contributed by atoms with Crippen molar-refractivity contribution in [1.82, 2.24) is 4.90 Å². The Morgan fingerprint density at radius 3 is 2.55 bits per heavy atom. The molecule has 1 amide bonds. The highest BCUT2D eigenvalue weighted by Gasteiger charge is 2.39. The molecule has 0 radical (unpaired) electrons. The first-order chi connectivity index (χ1) is 10.8. The summed E-state index contributed by atoms with van der Waals surface area (Å²) in [5, 5.41) is 0. The van der Waals surface area contributed by atoms with Crippen molar-refractivity contribution in [3.63, 3.8) is 0 Å². The monoisotopic (exact) mass is 299 g/mol. The Labute approximate surface area is 133 Å². The van der Waals surface area contributed by atoms with Gasteiger partial charge in [-0.2, -0.15) is 0 Å². The quantitative estimate of drug-likeness (QED) is 0.759. The number of rotatable bonds is 3. The van der Waals surface area contributed by atoms with Gasteiger partial charge < -0.3 is 9.64 Å². The number of carbonyl (C=O) groups excluding carboxylic acids is 1. The maximum Gasteiger partial charge on any atom is 0.410 e. The molecule has 2 aliphatic heterocycles. The van der Waals surface area contributed by atoms with E-state index in [9.17, 15) is 4.79 Å². The van der Waals surface area contributed by atoms with E-state index < -0.39 is 0 Å². The fourth-order valence-electron chi connectivity index (χ4n) is 3.80. The van der Waals surface area contributed by atoms with Crippen LogP contribution in [0.1, 0.15) is 51.0 Å². The SMILES string of the molecule is CCC=C1CC2CCCC(C1)N2C(=O)OCc1ccccc1. The zero-order valence-electron chi connectivity index (χ0n) is 13.3. The van der Waals surface area contributed by atoms with Crippen LogP contribution in [0.25, 0.3) is 0 Å². The predicted molar refractivity (Wildman–Crippen MR) is 87.5 cm³/mol. The highest BCUT2D eigenvalue weighted by atomic mass is 16.6. The van der Waals surface area contributed by atoms with Crippen LogP contribution in [0.15, 0.2) is 42.0 Å². The van der Waals surface area contributed by atoms with Crippen LogP contribution < -0.4 is 0 Å². The number of fused-ring (bicyclic) bond motifs is 2. The third kappa shape index (κ3) is 3.34. The smallest absolute Gasteiger partial charge is 0.410 e. The molecule has 3 heteroatoms. The lowest BCUT2D eigenvalue weighted by Crippen LogP contribution is -2.53. The molecule has 2 heterocycles. The molecule has 1 aromatic carbocycles. The zero-order chi connectivity index (χ0) is 15.4. The largest absolute Gasteiger partial charge is 0.445 e. The van der Waals surface area contributed by atoms with Gasteiger partial charge in [0.25, 0.3) is 0 Å². The van der Waals surface area contributed by atoms with Crippen LogP contribution in [0.5, 0.6) is 0 Å². The summed E-state index contributed by atoms with van der Waals surface area (Å²) in [6, 6.07) is 10.6. The lowest BCUT2D eigenvalue weighted by molar-refractivity contribution is 0.0312. The molecule has 1 aromatic rings. The van der Waals surface area contributed by atoms with Gasteiger partial charge in [-0.3, -0.25) is 0 Å². The maximum atomic E-state index is 12.5. The standard InChI is InChI=1S/C19H25NO2/c1-2-7-16-12-17-10-6-11-18(13-16)20(17)19(21)22-14-15-8-4-3-5-9-15/h3-5,7-9,17-18H,2,6,10-14H2,1H3. The molecule has 0 saturated carbocycles. The summed E-state index contributed by atoms with van der Waals surface area (Å²) in [5.41, 5.74) is 2.58. The Morgan fingerprint density at radius 1 is 1.23 bits per heavy atom. The van der Waals surface area contributed by atoms with Gasteiger partial charge in [-0.05, 0) is 44.1 Å². The molecule has 118 valence electrons. The van der Waals surface area contributed by atoms with Crippen LogP contribution in [-0.4, -0.2) is 23.1 Å². The van der Waals surface area contributed by atoms with E-state index in [4.69, 9.17) is 4.74 Å². The van der Waals surface area contributed by atoms with Crippen molar-refractivity contribution in [3.05, 3.63) is 47.5 Å². The number of hydrogen-bond acceptors (Lipinski definition) is 2. The molecule has 2 saturated heterocycles. The molecule has 0 N–H and O–H groups in total. The van der Waals surface area contributed by atoms with Gasteiger partial charge in [0.2, 0.25) is 0 Å². The number of nitrogens with zero attached hydrogens (tertiary/aromatic N) is 1. The summed E-state index contributed by atoms with van der Waals surface area (Å²) >= 11 is 0. The number of hydrogen-bond donors (Lipinski definition) is 0. The van der Waals surface area contributed by atoms with Gasteiger partial charge in [-0.15, -0.1) is 0 Å². The summed E-state index contributed by atoms with van der Waals surface area (Å²) in [6.07, 6.45) is 8.82. The summed E-state index contributed by atoms with van der Waals surface area (Å²) in [5.74, 6) is 0. The van der Waals surface area contributed by atoms with E-state index in [2.05, 4.69) is 13.0 Å². The van der Waals surface area contributed by atoms with E-state index in [0.29, 0.717) is 18.7 Å². The number of allylic oxidation sites excluding steroid dienone is 1. The lowest BCUT2D eigenvalue weighted by Gasteiger charge is -2.46. The van der Waals surface area contributed by atoms with E-state index in [-0.39, 0.29) is 6.09 Å². The summed E-state index contributed by atoms with van der Waals surface area (Å²) in [7, 11) is 0. The molecule has 3 rings (SSSR count). The van der Waals surface area contributed by atoms with Crippen molar-refractivity contribution in [3.8, 4) is 0 Å². The average molecular weight is 299 g/mol. The Hall–Kier alpha value is -1.77. The molecule has 0 aliphatic carbocycles. The van der Waals surface area contributed by atoms with Gasteiger partial charge in [-0.1, -0.05) is 48.9 Å². The van der Waals surface area contributed by atoms with Crippen LogP contribution in [-0.2, 0) is 11.3 Å². The normalized spacial score (nSPS) is 24.0. The minimum absolute atomic E-state index is 0.130. The Kier molecular flexibility index (Phi) is 4.81. The van der Waals surface area contributed by atoms with Gasteiger partial charge in [0.15, 0.2) is 0 Å². The molecule has 0 spiro atoms. The van der Waals surface area contributed by atoms with Crippen molar-refractivity contribution < 1.29 is 9.53 Å². The molecule has 0 aromatic heterocycles. The second-order valence-electron chi connectivity index (χ2n) is 6.36. The van der Waals surface area contributed by atoms with Gasteiger partial charge in [0, 0.05) is 12.1 Å². The Morgan fingerprint density at radius 2 is 1.91 bits per heavy atom. The summed E-state index contributed by atoms with van der Waals surface area (Å²) in [4.78, 5) is 14.6. The molecule has 2 atom stereocenters. The van der Waals surface area contributed by atoms with Crippen molar-refractivity contribution in [2.45, 2.75) is 64.1 Å². The minimum Gasteiger partial charge on any atom is -0.445 e. The molecule has 2 bridgehead atoms. The first kappa shape index (κ1) is 15.1. The fraction of sp³-hybridized carbons (Fsp3) is 0.526. The Bertz CT molecular complexity index is 522. The molecule has 3 nitrogen and oxygen atoms in total. The fourth-order valence-corrected chi connectivity index (χ4v) is 3.80. The Balaban J connectivity index is 1.63.